The molecular formula is C17H22N2O4. The molecule has 0 aliphatic heterocycles. The number of para-hydroxylation sites is 1. The second-order valence-corrected chi connectivity index (χ2v) is 5.50. The summed E-state index contributed by atoms with van der Waals surface area (Å²) >= 11 is 0. The van der Waals surface area contributed by atoms with Gasteiger partial charge >= 0.3 is 5.97 Å². The van der Waals surface area contributed by atoms with E-state index in [1.165, 1.54) is 0 Å². The van der Waals surface area contributed by atoms with Gasteiger partial charge in [0, 0.05) is 5.39 Å². The van der Waals surface area contributed by atoms with Crippen LogP contribution in [-0.4, -0.2) is 41.5 Å². The number of hydrogen-bond donors (Lipinski definition) is 2. The Morgan fingerprint density at radius 1 is 1.35 bits per heavy atom. The molecule has 0 saturated heterocycles. The molecule has 1 aromatic carbocycles. The number of amides is 1. The number of carbonyl (C=O) groups excluding carboxylic acids is 1. The molecule has 6 nitrogen and oxygen atoms in total. The fraction of sp³-hybridized carbons (Fsp3) is 0.412. The molecule has 1 unspecified atom stereocenters. The van der Waals surface area contributed by atoms with E-state index < -0.39 is 5.97 Å². The quantitative estimate of drug-likeness (QED) is 0.781. The van der Waals surface area contributed by atoms with Crippen LogP contribution in [0.3, 0.4) is 0 Å². The number of benzene rings is 1. The van der Waals surface area contributed by atoms with E-state index in [1.807, 2.05) is 49.1 Å². The Morgan fingerprint density at radius 2 is 2.09 bits per heavy atom. The molecule has 2 aromatic rings. The Bertz CT molecular complexity index is 647. The van der Waals surface area contributed by atoms with Gasteiger partial charge in [-0.3, -0.25) is 14.5 Å². The molecule has 0 saturated carbocycles. The minimum absolute atomic E-state index is 0.0714. The summed E-state index contributed by atoms with van der Waals surface area (Å²) in [5.74, 6) is -0.555. The number of carboxylic acids is 1. The molecule has 2 rings (SSSR count). The molecule has 0 fully saturated rings. The molecule has 0 spiro atoms. The molecule has 1 aromatic heterocycles. The van der Waals surface area contributed by atoms with Crippen molar-refractivity contribution in [1.29, 1.82) is 0 Å². The predicted molar refractivity (Wildman–Crippen MR) is 87.1 cm³/mol. The second-order valence-electron chi connectivity index (χ2n) is 5.50. The van der Waals surface area contributed by atoms with Crippen molar-refractivity contribution in [1.82, 2.24) is 10.2 Å². The van der Waals surface area contributed by atoms with Crippen molar-refractivity contribution in [2.75, 3.05) is 19.6 Å². The molecule has 6 heteroatoms. The van der Waals surface area contributed by atoms with E-state index in [4.69, 9.17) is 9.52 Å². The summed E-state index contributed by atoms with van der Waals surface area (Å²) in [6.07, 6.45) is 0.886. The van der Waals surface area contributed by atoms with Crippen molar-refractivity contribution in [3.05, 3.63) is 36.1 Å². The maximum Gasteiger partial charge on any atom is 0.322 e. The summed E-state index contributed by atoms with van der Waals surface area (Å²) in [6, 6.07) is 9.68. The average Bonchev–Trinajstić information content (AvgIpc) is 2.95. The topological polar surface area (TPSA) is 82.8 Å². The minimum atomic E-state index is -1.05. The number of fused-ring (bicyclic) bond motifs is 1. The molecule has 1 amide bonds. The monoisotopic (exact) mass is 318 g/mol. The van der Waals surface area contributed by atoms with Crippen molar-refractivity contribution in [3.63, 3.8) is 0 Å². The van der Waals surface area contributed by atoms with E-state index in [0.717, 1.165) is 29.7 Å². The van der Waals surface area contributed by atoms with Gasteiger partial charge in [-0.15, -0.1) is 0 Å². The fourth-order valence-corrected chi connectivity index (χ4v) is 2.50. The van der Waals surface area contributed by atoms with Crippen LogP contribution in [0, 0.1) is 0 Å². The van der Waals surface area contributed by atoms with Gasteiger partial charge in [0.05, 0.1) is 12.6 Å². The van der Waals surface area contributed by atoms with E-state index in [2.05, 4.69) is 5.32 Å². The number of rotatable bonds is 8. The van der Waals surface area contributed by atoms with Crippen molar-refractivity contribution < 1.29 is 19.1 Å². The highest BCUT2D eigenvalue weighted by molar-refractivity contribution is 5.82. The highest BCUT2D eigenvalue weighted by atomic mass is 16.4. The molecule has 1 heterocycles. The lowest BCUT2D eigenvalue weighted by atomic mass is 10.2. The summed E-state index contributed by atoms with van der Waals surface area (Å²) < 4.78 is 5.87. The van der Waals surface area contributed by atoms with Gasteiger partial charge in [-0.05, 0) is 32.0 Å². The summed E-state index contributed by atoms with van der Waals surface area (Å²) in [6.45, 7) is 4.52. The third-order valence-corrected chi connectivity index (χ3v) is 3.70. The molecule has 0 aliphatic carbocycles. The first-order chi connectivity index (χ1) is 11.0. The van der Waals surface area contributed by atoms with E-state index in [1.54, 1.807) is 0 Å². The summed E-state index contributed by atoms with van der Waals surface area (Å²) in [7, 11) is 0. The van der Waals surface area contributed by atoms with Crippen molar-refractivity contribution >= 4 is 22.8 Å². The van der Waals surface area contributed by atoms with Crippen LogP contribution in [0.2, 0.25) is 0 Å². The second kappa shape index (κ2) is 7.78. The number of hydrogen-bond acceptors (Lipinski definition) is 4. The van der Waals surface area contributed by atoms with Crippen LogP contribution >= 0.6 is 0 Å². The lowest BCUT2D eigenvalue weighted by Gasteiger charge is -2.26. The molecule has 23 heavy (non-hydrogen) atoms. The number of furan rings is 1. The average molecular weight is 318 g/mol. The van der Waals surface area contributed by atoms with Gasteiger partial charge in [0.2, 0.25) is 5.91 Å². The van der Waals surface area contributed by atoms with E-state index in [0.29, 0.717) is 0 Å². The first-order valence-electron chi connectivity index (χ1n) is 7.72. The van der Waals surface area contributed by atoms with E-state index in [9.17, 15) is 9.59 Å². The van der Waals surface area contributed by atoms with Crippen molar-refractivity contribution in [2.24, 2.45) is 0 Å². The summed E-state index contributed by atoms with van der Waals surface area (Å²) in [5.41, 5.74) is 0.820. The zero-order valence-corrected chi connectivity index (χ0v) is 13.4. The third-order valence-electron chi connectivity index (χ3n) is 3.70. The first kappa shape index (κ1) is 17.0. The zero-order chi connectivity index (χ0) is 16.8. The predicted octanol–water partition coefficient (Wildman–Crippen LogP) is 2.41. The van der Waals surface area contributed by atoms with Crippen molar-refractivity contribution in [3.8, 4) is 0 Å². The lowest BCUT2D eigenvalue weighted by molar-refractivity contribution is -0.138. The van der Waals surface area contributed by atoms with Crippen LogP contribution in [0.1, 0.15) is 32.1 Å². The Kier molecular flexibility index (Phi) is 5.76. The molecular weight excluding hydrogens is 296 g/mol. The smallest absolute Gasteiger partial charge is 0.322 e. The fourth-order valence-electron chi connectivity index (χ4n) is 2.50. The highest BCUT2D eigenvalue weighted by Gasteiger charge is 2.21. The molecule has 0 radical (unpaired) electrons. The van der Waals surface area contributed by atoms with E-state index in [-0.39, 0.29) is 25.0 Å². The zero-order valence-electron chi connectivity index (χ0n) is 13.4. The van der Waals surface area contributed by atoms with Gasteiger partial charge in [0.1, 0.15) is 17.9 Å². The molecule has 0 aliphatic rings. The van der Waals surface area contributed by atoms with Crippen LogP contribution in [0.15, 0.2) is 34.7 Å². The molecule has 1 atom stereocenters. The van der Waals surface area contributed by atoms with Crippen LogP contribution < -0.4 is 5.32 Å². The van der Waals surface area contributed by atoms with Crippen LogP contribution in [0.5, 0.6) is 0 Å². The number of nitrogens with zero attached hydrogens (tertiary/aromatic N) is 1. The minimum Gasteiger partial charge on any atom is -0.480 e. The standard InChI is InChI=1S/C17H22N2O4/c1-3-8-19(11-16(20)18-10-17(21)22)12(2)15-9-13-6-4-5-7-14(13)23-15/h4-7,9,12H,3,8,10-11H2,1-2H3,(H,18,20)(H,21,22). The van der Waals surface area contributed by atoms with Crippen molar-refractivity contribution in [2.45, 2.75) is 26.3 Å². The Labute approximate surface area is 135 Å². The normalized spacial score (nSPS) is 12.5. The number of carboxylic acid groups (broad SMARTS) is 1. The summed E-state index contributed by atoms with van der Waals surface area (Å²) in [5, 5.41) is 12.0. The van der Waals surface area contributed by atoms with Crippen LogP contribution in [-0.2, 0) is 9.59 Å². The highest BCUT2D eigenvalue weighted by Crippen LogP contribution is 2.27. The maximum atomic E-state index is 11.9. The van der Waals surface area contributed by atoms with Gasteiger partial charge < -0.3 is 14.8 Å². The summed E-state index contributed by atoms with van der Waals surface area (Å²) in [4.78, 5) is 24.4. The molecule has 2 N–H and O–H groups in total. The van der Waals surface area contributed by atoms with Gasteiger partial charge in [0.15, 0.2) is 0 Å². The number of aliphatic carboxylic acids is 1. The van der Waals surface area contributed by atoms with Gasteiger partial charge in [-0.1, -0.05) is 25.1 Å². The number of carbonyl (C=O) groups is 2. The Hall–Kier alpha value is -2.34. The van der Waals surface area contributed by atoms with Crippen LogP contribution in [0.4, 0.5) is 0 Å². The molecule has 124 valence electrons. The third kappa shape index (κ3) is 4.56. The van der Waals surface area contributed by atoms with Gasteiger partial charge in [-0.25, -0.2) is 0 Å². The van der Waals surface area contributed by atoms with Gasteiger partial charge in [0.25, 0.3) is 0 Å². The SMILES string of the molecule is CCCN(CC(=O)NCC(=O)O)C(C)c1cc2ccccc2o1. The Morgan fingerprint density at radius 3 is 2.74 bits per heavy atom. The Balaban J connectivity index is 2.09. The molecule has 0 bridgehead atoms. The maximum absolute atomic E-state index is 11.9. The first-order valence-corrected chi connectivity index (χ1v) is 7.72. The van der Waals surface area contributed by atoms with Gasteiger partial charge in [-0.2, -0.15) is 0 Å². The largest absolute Gasteiger partial charge is 0.480 e. The lowest BCUT2D eigenvalue weighted by Crippen LogP contribution is -2.40. The van der Waals surface area contributed by atoms with E-state index >= 15 is 0 Å². The number of nitrogens with one attached hydrogen (secondary N) is 1. The van der Waals surface area contributed by atoms with Crippen LogP contribution in [0.25, 0.3) is 11.0 Å².